The Labute approximate surface area is 215 Å². The molecular formula is C24H15Br2ClN2O5. The SMILES string of the molecule is O=C(O)c1cccc(COc2ccc(/C=N\NC(=O)c3cc4cc(Br)cc(Br)c4o3)cc2Cl)c1. The standard InChI is InChI=1S/C24H15Br2ClN2O5/c25-17-8-16-9-21(34-22(16)18(26)10-17)23(30)29-28-11-13-4-5-20(19(27)7-13)33-12-14-2-1-3-15(6-14)24(31)32/h1-11H,12H2,(H,29,30)(H,31,32)/b28-11-. The topological polar surface area (TPSA) is 101 Å². The van der Waals surface area contributed by atoms with Crippen LogP contribution in [0.4, 0.5) is 0 Å². The fourth-order valence-corrected chi connectivity index (χ4v) is 4.66. The minimum absolute atomic E-state index is 0.125. The number of benzene rings is 3. The molecule has 3 aromatic carbocycles. The van der Waals surface area contributed by atoms with Gasteiger partial charge in [0.15, 0.2) is 5.76 Å². The second-order valence-corrected chi connectivity index (χ2v) is 9.28. The molecule has 0 bridgehead atoms. The number of hydrazone groups is 1. The molecule has 0 fully saturated rings. The van der Waals surface area contributed by atoms with Gasteiger partial charge in [-0.25, -0.2) is 10.2 Å². The molecule has 0 saturated carbocycles. The third-order valence-corrected chi connectivity index (χ3v) is 6.01. The van der Waals surface area contributed by atoms with Crippen LogP contribution in [0.2, 0.25) is 5.02 Å². The fourth-order valence-electron chi connectivity index (χ4n) is 3.08. The van der Waals surface area contributed by atoms with E-state index in [-0.39, 0.29) is 17.9 Å². The first kappa shape index (κ1) is 24.0. The van der Waals surface area contributed by atoms with E-state index in [1.54, 1.807) is 42.5 Å². The van der Waals surface area contributed by atoms with Crippen LogP contribution in [0.15, 0.2) is 79.1 Å². The minimum atomic E-state index is -1.00. The highest BCUT2D eigenvalue weighted by atomic mass is 79.9. The first-order valence-corrected chi connectivity index (χ1v) is 11.7. The van der Waals surface area contributed by atoms with Gasteiger partial charge in [0.1, 0.15) is 17.9 Å². The van der Waals surface area contributed by atoms with Gasteiger partial charge in [-0.1, -0.05) is 39.7 Å². The zero-order valence-corrected chi connectivity index (χ0v) is 21.1. The largest absolute Gasteiger partial charge is 0.487 e. The average Bonchev–Trinajstić information content (AvgIpc) is 3.23. The van der Waals surface area contributed by atoms with Crippen molar-refractivity contribution in [2.45, 2.75) is 6.61 Å². The fraction of sp³-hybridized carbons (Fsp3) is 0.0417. The second kappa shape index (κ2) is 10.4. The van der Waals surface area contributed by atoms with Crippen LogP contribution < -0.4 is 10.2 Å². The van der Waals surface area contributed by atoms with Crippen LogP contribution >= 0.6 is 43.5 Å². The molecule has 7 nitrogen and oxygen atoms in total. The van der Waals surface area contributed by atoms with Gasteiger partial charge in [0.25, 0.3) is 0 Å². The molecule has 0 radical (unpaired) electrons. The molecule has 172 valence electrons. The summed E-state index contributed by atoms with van der Waals surface area (Å²) in [6, 6.07) is 16.8. The minimum Gasteiger partial charge on any atom is -0.487 e. The number of halogens is 3. The maximum Gasteiger partial charge on any atom is 0.335 e. The molecule has 1 amide bonds. The van der Waals surface area contributed by atoms with E-state index in [4.69, 9.17) is 25.9 Å². The van der Waals surface area contributed by atoms with E-state index in [1.807, 2.05) is 12.1 Å². The first-order chi connectivity index (χ1) is 16.3. The Morgan fingerprint density at radius 1 is 1.12 bits per heavy atom. The third kappa shape index (κ3) is 5.67. The lowest BCUT2D eigenvalue weighted by molar-refractivity contribution is 0.0696. The lowest BCUT2D eigenvalue weighted by Gasteiger charge is -2.09. The molecular weight excluding hydrogens is 592 g/mol. The number of hydrogen-bond donors (Lipinski definition) is 2. The molecule has 10 heteroatoms. The predicted octanol–water partition coefficient (Wildman–Crippen LogP) is 6.65. The van der Waals surface area contributed by atoms with Gasteiger partial charge in [-0.15, -0.1) is 0 Å². The van der Waals surface area contributed by atoms with Gasteiger partial charge in [0, 0.05) is 9.86 Å². The van der Waals surface area contributed by atoms with Crippen LogP contribution in [-0.2, 0) is 6.61 Å². The number of furan rings is 1. The zero-order valence-electron chi connectivity index (χ0n) is 17.2. The van der Waals surface area contributed by atoms with Crippen LogP contribution in [0.1, 0.15) is 32.0 Å². The molecule has 0 unspecified atom stereocenters. The average molecular weight is 607 g/mol. The Balaban J connectivity index is 1.38. The van der Waals surface area contributed by atoms with Crippen LogP contribution in [0.25, 0.3) is 11.0 Å². The van der Waals surface area contributed by atoms with Gasteiger partial charge in [0.2, 0.25) is 0 Å². The Bertz CT molecular complexity index is 1430. The smallest absolute Gasteiger partial charge is 0.335 e. The summed E-state index contributed by atoms with van der Waals surface area (Å²) in [5.41, 5.74) is 4.52. The molecule has 0 aliphatic carbocycles. The number of rotatable bonds is 7. The number of carboxylic acids is 1. The molecule has 0 aliphatic rings. The Morgan fingerprint density at radius 3 is 2.71 bits per heavy atom. The van der Waals surface area contributed by atoms with Gasteiger partial charge in [-0.2, -0.15) is 5.10 Å². The Hall–Kier alpha value is -3.14. The van der Waals surface area contributed by atoms with Gasteiger partial charge < -0.3 is 14.3 Å². The van der Waals surface area contributed by atoms with Crippen molar-refractivity contribution in [1.82, 2.24) is 5.43 Å². The number of ether oxygens (including phenoxy) is 1. The highest BCUT2D eigenvalue weighted by Gasteiger charge is 2.14. The van der Waals surface area contributed by atoms with E-state index >= 15 is 0 Å². The maximum atomic E-state index is 12.4. The van der Waals surface area contributed by atoms with Crippen molar-refractivity contribution in [3.05, 3.63) is 97.1 Å². The van der Waals surface area contributed by atoms with Crippen molar-refractivity contribution in [3.8, 4) is 5.75 Å². The summed E-state index contributed by atoms with van der Waals surface area (Å²) in [4.78, 5) is 23.5. The van der Waals surface area contributed by atoms with E-state index in [0.717, 1.165) is 14.3 Å². The summed E-state index contributed by atoms with van der Waals surface area (Å²) >= 11 is 13.1. The highest BCUT2D eigenvalue weighted by Crippen LogP contribution is 2.31. The van der Waals surface area contributed by atoms with E-state index in [1.165, 1.54) is 12.3 Å². The predicted molar refractivity (Wildman–Crippen MR) is 136 cm³/mol. The molecule has 4 aromatic rings. The molecule has 0 atom stereocenters. The van der Waals surface area contributed by atoms with Crippen molar-refractivity contribution < 1.29 is 23.8 Å². The van der Waals surface area contributed by atoms with Crippen molar-refractivity contribution in [3.63, 3.8) is 0 Å². The number of fused-ring (bicyclic) bond motifs is 1. The summed E-state index contributed by atoms with van der Waals surface area (Å²) in [5.74, 6) is -0.940. The summed E-state index contributed by atoms with van der Waals surface area (Å²) < 4.78 is 12.9. The lowest BCUT2D eigenvalue weighted by Crippen LogP contribution is -2.16. The quantitative estimate of drug-likeness (QED) is 0.181. The van der Waals surface area contributed by atoms with Gasteiger partial charge in [-0.05, 0) is 75.6 Å². The number of amides is 1. The van der Waals surface area contributed by atoms with Crippen molar-refractivity contribution in [2.24, 2.45) is 5.10 Å². The monoisotopic (exact) mass is 604 g/mol. The number of nitrogens with zero attached hydrogens (tertiary/aromatic N) is 1. The number of carboxylic acid groups (broad SMARTS) is 1. The molecule has 34 heavy (non-hydrogen) atoms. The van der Waals surface area contributed by atoms with Crippen molar-refractivity contribution in [1.29, 1.82) is 0 Å². The van der Waals surface area contributed by atoms with E-state index in [2.05, 4.69) is 42.4 Å². The van der Waals surface area contributed by atoms with Gasteiger partial charge >= 0.3 is 11.9 Å². The number of nitrogens with one attached hydrogen (secondary N) is 1. The molecule has 0 aliphatic heterocycles. The summed E-state index contributed by atoms with van der Waals surface area (Å²) in [5, 5.41) is 14.2. The summed E-state index contributed by atoms with van der Waals surface area (Å²) in [6.45, 7) is 0.161. The molecule has 1 aromatic heterocycles. The molecule has 0 saturated heterocycles. The molecule has 0 spiro atoms. The number of carbonyl (C=O) groups is 2. The van der Waals surface area contributed by atoms with Crippen LogP contribution in [0.5, 0.6) is 5.75 Å². The van der Waals surface area contributed by atoms with Crippen LogP contribution in [-0.4, -0.2) is 23.2 Å². The molecule has 4 rings (SSSR count). The zero-order chi connectivity index (χ0) is 24.2. The summed E-state index contributed by atoms with van der Waals surface area (Å²) in [7, 11) is 0. The third-order valence-electron chi connectivity index (χ3n) is 4.66. The second-order valence-electron chi connectivity index (χ2n) is 7.10. The first-order valence-electron chi connectivity index (χ1n) is 9.77. The lowest BCUT2D eigenvalue weighted by atomic mass is 10.1. The van der Waals surface area contributed by atoms with E-state index in [0.29, 0.717) is 27.5 Å². The number of aromatic carboxylic acids is 1. The van der Waals surface area contributed by atoms with Crippen molar-refractivity contribution in [2.75, 3.05) is 0 Å². The van der Waals surface area contributed by atoms with E-state index in [9.17, 15) is 9.59 Å². The molecule has 2 N–H and O–H groups in total. The van der Waals surface area contributed by atoms with Crippen molar-refractivity contribution >= 4 is 72.5 Å². The van der Waals surface area contributed by atoms with Gasteiger partial charge in [-0.3, -0.25) is 4.79 Å². The normalized spacial score (nSPS) is 11.1. The van der Waals surface area contributed by atoms with Crippen LogP contribution in [0.3, 0.4) is 0 Å². The number of carbonyl (C=O) groups excluding carboxylic acids is 1. The highest BCUT2D eigenvalue weighted by molar-refractivity contribution is 9.11. The van der Waals surface area contributed by atoms with E-state index < -0.39 is 11.9 Å². The van der Waals surface area contributed by atoms with Crippen LogP contribution in [0, 0.1) is 0 Å². The number of hydrogen-bond acceptors (Lipinski definition) is 5. The summed E-state index contributed by atoms with van der Waals surface area (Å²) in [6.07, 6.45) is 1.44. The van der Waals surface area contributed by atoms with Gasteiger partial charge in [0.05, 0.1) is 21.3 Å². The maximum absolute atomic E-state index is 12.4. The molecule has 1 heterocycles. The Kier molecular flexibility index (Phi) is 7.35. The Morgan fingerprint density at radius 2 is 1.94 bits per heavy atom.